The van der Waals surface area contributed by atoms with Crippen molar-refractivity contribution >= 4 is 11.6 Å². The van der Waals surface area contributed by atoms with E-state index in [0.29, 0.717) is 17.2 Å². The Morgan fingerprint density at radius 3 is 2.45 bits per heavy atom. The molecule has 0 aliphatic carbocycles. The molecule has 20 heavy (non-hydrogen) atoms. The highest BCUT2D eigenvalue weighted by molar-refractivity contribution is 5.94. The minimum Gasteiger partial charge on any atom is -0.493 e. The molecule has 0 saturated carbocycles. The lowest BCUT2D eigenvalue weighted by molar-refractivity contribution is -0.113. The van der Waals surface area contributed by atoms with Gasteiger partial charge in [0.1, 0.15) is 0 Å². The predicted molar refractivity (Wildman–Crippen MR) is 77.6 cm³/mol. The van der Waals surface area contributed by atoms with Gasteiger partial charge in [0.25, 0.3) is 0 Å². The molecule has 0 unspecified atom stereocenters. The molecule has 1 aliphatic rings. The number of carbonyl (C=O) groups excluding carboxylic acids is 1. The number of methoxy groups -OCH3 is 2. The summed E-state index contributed by atoms with van der Waals surface area (Å²) in [5.74, 6) is 0.830. The quantitative estimate of drug-likeness (QED) is 0.820. The minimum atomic E-state index is -0.481. The second-order valence-electron chi connectivity index (χ2n) is 5.51. The van der Waals surface area contributed by atoms with Gasteiger partial charge in [0.05, 0.1) is 14.2 Å². The molecule has 0 spiro atoms. The van der Waals surface area contributed by atoms with E-state index >= 15 is 0 Å². The van der Waals surface area contributed by atoms with Crippen LogP contribution in [0.5, 0.6) is 11.5 Å². The zero-order valence-corrected chi connectivity index (χ0v) is 12.2. The predicted octanol–water partition coefficient (Wildman–Crippen LogP) is 1.45. The van der Waals surface area contributed by atoms with Crippen LogP contribution >= 0.6 is 0 Å². The summed E-state index contributed by atoms with van der Waals surface area (Å²) in [4.78, 5) is 11.2. The number of carbonyl (C=O) groups is 1. The summed E-state index contributed by atoms with van der Waals surface area (Å²) >= 11 is 0. The lowest BCUT2D eigenvalue weighted by Crippen LogP contribution is -2.44. The number of primary amides is 1. The Morgan fingerprint density at radius 1 is 1.30 bits per heavy atom. The zero-order valence-electron chi connectivity index (χ0n) is 12.2. The summed E-state index contributed by atoms with van der Waals surface area (Å²) in [6, 6.07) is 3.82. The van der Waals surface area contributed by atoms with Crippen LogP contribution in [0.15, 0.2) is 18.2 Å². The van der Waals surface area contributed by atoms with Gasteiger partial charge in [-0.25, -0.2) is 0 Å². The molecule has 5 nitrogen and oxygen atoms in total. The standard InChI is InChI=1S/C15H20N2O3/c1-15(2)8-9-5-12(19-3)13(20-4)6-10(9)11(17-15)7-14(16)18/h5-7,17H,8H2,1-4H3,(H2,16,18)/b11-7+. The molecule has 0 saturated heterocycles. The highest BCUT2D eigenvalue weighted by Crippen LogP contribution is 2.37. The van der Waals surface area contributed by atoms with Crippen molar-refractivity contribution in [2.45, 2.75) is 25.8 Å². The Kier molecular flexibility index (Phi) is 3.61. The van der Waals surface area contributed by atoms with Crippen LogP contribution in [0.3, 0.4) is 0 Å². The lowest BCUT2D eigenvalue weighted by Gasteiger charge is -2.36. The van der Waals surface area contributed by atoms with Crippen LogP contribution < -0.4 is 20.5 Å². The fourth-order valence-corrected chi connectivity index (χ4v) is 2.53. The average Bonchev–Trinajstić information content (AvgIpc) is 2.35. The van der Waals surface area contributed by atoms with Gasteiger partial charge in [-0.15, -0.1) is 0 Å². The Bertz CT molecular complexity index is 577. The molecule has 5 heteroatoms. The largest absolute Gasteiger partial charge is 0.493 e. The molecule has 3 N–H and O–H groups in total. The summed E-state index contributed by atoms with van der Waals surface area (Å²) in [6.07, 6.45) is 2.23. The fourth-order valence-electron chi connectivity index (χ4n) is 2.53. The van der Waals surface area contributed by atoms with E-state index in [9.17, 15) is 4.79 Å². The zero-order chi connectivity index (χ0) is 14.9. The summed E-state index contributed by atoms with van der Waals surface area (Å²) in [5, 5.41) is 3.33. The molecule has 0 radical (unpaired) electrons. The van der Waals surface area contributed by atoms with E-state index in [-0.39, 0.29) is 5.54 Å². The molecular formula is C15H20N2O3. The molecule has 1 aromatic rings. The Hall–Kier alpha value is -2.17. The maximum Gasteiger partial charge on any atom is 0.243 e. The van der Waals surface area contributed by atoms with Crippen LogP contribution in [-0.2, 0) is 11.2 Å². The van der Waals surface area contributed by atoms with Crippen LogP contribution in [-0.4, -0.2) is 25.7 Å². The van der Waals surface area contributed by atoms with E-state index < -0.39 is 5.91 Å². The lowest BCUT2D eigenvalue weighted by atomic mass is 9.85. The Balaban J connectivity index is 2.61. The van der Waals surface area contributed by atoms with Crippen molar-refractivity contribution in [2.24, 2.45) is 5.73 Å². The van der Waals surface area contributed by atoms with Crippen molar-refractivity contribution in [1.82, 2.24) is 5.32 Å². The van der Waals surface area contributed by atoms with Gasteiger partial charge in [0.2, 0.25) is 5.91 Å². The van der Waals surface area contributed by atoms with Gasteiger partial charge in [0, 0.05) is 22.9 Å². The number of rotatable bonds is 3. The molecule has 0 bridgehead atoms. The van der Waals surface area contributed by atoms with Gasteiger partial charge in [-0.05, 0) is 38.0 Å². The Morgan fingerprint density at radius 2 is 1.90 bits per heavy atom. The maximum atomic E-state index is 11.2. The van der Waals surface area contributed by atoms with Crippen LogP contribution in [0.4, 0.5) is 0 Å². The van der Waals surface area contributed by atoms with Crippen LogP contribution in [0, 0.1) is 0 Å². The fraction of sp³-hybridized carbons (Fsp3) is 0.400. The van der Waals surface area contributed by atoms with Crippen LogP contribution in [0.1, 0.15) is 25.0 Å². The topological polar surface area (TPSA) is 73.6 Å². The van der Waals surface area contributed by atoms with Gasteiger partial charge in [-0.1, -0.05) is 0 Å². The number of fused-ring (bicyclic) bond motifs is 1. The van der Waals surface area contributed by atoms with Gasteiger partial charge >= 0.3 is 0 Å². The third kappa shape index (κ3) is 2.71. The molecule has 1 aliphatic heterocycles. The average molecular weight is 276 g/mol. The third-order valence-corrected chi connectivity index (χ3v) is 3.29. The van der Waals surface area contributed by atoms with E-state index in [1.807, 2.05) is 12.1 Å². The number of hydrogen-bond acceptors (Lipinski definition) is 4. The molecule has 0 aromatic heterocycles. The molecule has 1 amide bonds. The molecule has 0 fully saturated rings. The normalized spacial score (nSPS) is 18.1. The van der Waals surface area contributed by atoms with E-state index in [1.165, 1.54) is 6.08 Å². The summed E-state index contributed by atoms with van der Waals surface area (Å²) in [5.41, 5.74) is 7.85. The van der Waals surface area contributed by atoms with Crippen molar-refractivity contribution in [3.8, 4) is 11.5 Å². The smallest absolute Gasteiger partial charge is 0.243 e. The van der Waals surface area contributed by atoms with Crippen molar-refractivity contribution in [3.05, 3.63) is 29.3 Å². The van der Waals surface area contributed by atoms with Crippen molar-refractivity contribution in [2.75, 3.05) is 14.2 Å². The number of nitrogens with one attached hydrogen (secondary N) is 1. The third-order valence-electron chi connectivity index (χ3n) is 3.29. The first-order valence-electron chi connectivity index (χ1n) is 6.41. The second-order valence-corrected chi connectivity index (χ2v) is 5.51. The summed E-state index contributed by atoms with van der Waals surface area (Å²) < 4.78 is 10.6. The van der Waals surface area contributed by atoms with E-state index in [2.05, 4.69) is 19.2 Å². The first kappa shape index (κ1) is 14.2. The first-order valence-corrected chi connectivity index (χ1v) is 6.41. The SMILES string of the molecule is COc1cc2c(cc1OC)/C(=C\C(N)=O)NC(C)(C)C2. The van der Waals surface area contributed by atoms with E-state index in [0.717, 1.165) is 17.5 Å². The minimum absolute atomic E-state index is 0.159. The molecule has 108 valence electrons. The van der Waals surface area contributed by atoms with Gasteiger partial charge in [0.15, 0.2) is 11.5 Å². The molecule has 0 atom stereocenters. The van der Waals surface area contributed by atoms with Crippen molar-refractivity contribution in [1.29, 1.82) is 0 Å². The molecule has 1 aromatic carbocycles. The highest BCUT2D eigenvalue weighted by Gasteiger charge is 2.29. The monoisotopic (exact) mass is 276 g/mol. The van der Waals surface area contributed by atoms with E-state index in [1.54, 1.807) is 14.2 Å². The maximum absolute atomic E-state index is 11.2. The van der Waals surface area contributed by atoms with Gasteiger partial charge < -0.3 is 20.5 Å². The Labute approximate surface area is 118 Å². The van der Waals surface area contributed by atoms with Crippen molar-refractivity contribution < 1.29 is 14.3 Å². The molecular weight excluding hydrogens is 256 g/mol. The number of hydrogen-bond donors (Lipinski definition) is 2. The summed E-state index contributed by atoms with van der Waals surface area (Å²) in [7, 11) is 3.19. The second kappa shape index (κ2) is 5.07. The summed E-state index contributed by atoms with van der Waals surface area (Å²) in [6.45, 7) is 4.14. The van der Waals surface area contributed by atoms with E-state index in [4.69, 9.17) is 15.2 Å². The number of ether oxygens (including phenoxy) is 2. The van der Waals surface area contributed by atoms with Crippen LogP contribution in [0.2, 0.25) is 0 Å². The number of nitrogens with two attached hydrogens (primary N) is 1. The van der Waals surface area contributed by atoms with Crippen LogP contribution in [0.25, 0.3) is 5.70 Å². The number of amides is 1. The highest BCUT2D eigenvalue weighted by atomic mass is 16.5. The van der Waals surface area contributed by atoms with Crippen molar-refractivity contribution in [3.63, 3.8) is 0 Å². The van der Waals surface area contributed by atoms with Gasteiger partial charge in [-0.2, -0.15) is 0 Å². The molecule has 1 heterocycles. The first-order chi connectivity index (χ1) is 9.36. The van der Waals surface area contributed by atoms with Gasteiger partial charge in [-0.3, -0.25) is 4.79 Å². The molecule has 2 rings (SSSR count). The number of benzene rings is 1.